The third-order valence-electron chi connectivity index (χ3n) is 3.13. The van der Waals surface area contributed by atoms with Crippen molar-refractivity contribution in [3.8, 4) is 0 Å². The topological polar surface area (TPSA) is 12.0 Å². The molecule has 1 aliphatic heterocycles. The van der Waals surface area contributed by atoms with E-state index in [0.29, 0.717) is 11.3 Å². The highest BCUT2D eigenvalue weighted by molar-refractivity contribution is 9.10. The van der Waals surface area contributed by atoms with Crippen LogP contribution in [0.4, 0.5) is 4.39 Å². The normalized spacial score (nSPS) is 24.2. The van der Waals surface area contributed by atoms with Gasteiger partial charge in [0.25, 0.3) is 0 Å². The predicted molar refractivity (Wildman–Crippen MR) is 75.9 cm³/mol. The minimum atomic E-state index is -0.142. The standard InChI is InChI=1S/C13H17BrFNS/c1-13(5-2-6-17-13)9-16-8-10-3-4-11(14)7-12(10)15/h3-4,7,16H,2,5-6,8-9H2,1H3. The van der Waals surface area contributed by atoms with Gasteiger partial charge in [-0.15, -0.1) is 0 Å². The van der Waals surface area contributed by atoms with E-state index in [1.807, 2.05) is 23.9 Å². The van der Waals surface area contributed by atoms with Crippen LogP contribution in [0.2, 0.25) is 0 Å². The fourth-order valence-electron chi connectivity index (χ4n) is 2.10. The highest BCUT2D eigenvalue weighted by Crippen LogP contribution is 2.37. The first-order valence-electron chi connectivity index (χ1n) is 5.88. The summed E-state index contributed by atoms with van der Waals surface area (Å²) in [6, 6.07) is 5.23. The Labute approximate surface area is 115 Å². The summed E-state index contributed by atoms with van der Waals surface area (Å²) < 4.78 is 14.7. The van der Waals surface area contributed by atoms with Gasteiger partial charge in [0.1, 0.15) is 5.82 Å². The van der Waals surface area contributed by atoms with E-state index in [0.717, 1.165) is 16.6 Å². The van der Waals surface area contributed by atoms with Gasteiger partial charge in [-0.2, -0.15) is 11.8 Å². The van der Waals surface area contributed by atoms with Crippen LogP contribution < -0.4 is 5.32 Å². The molecule has 2 rings (SSSR count). The van der Waals surface area contributed by atoms with Crippen LogP contribution in [0.1, 0.15) is 25.3 Å². The van der Waals surface area contributed by atoms with Crippen molar-refractivity contribution in [2.24, 2.45) is 0 Å². The minimum absolute atomic E-state index is 0.142. The molecule has 0 saturated carbocycles. The molecule has 94 valence electrons. The molecule has 0 aromatic heterocycles. The van der Waals surface area contributed by atoms with Crippen molar-refractivity contribution in [3.05, 3.63) is 34.1 Å². The van der Waals surface area contributed by atoms with Gasteiger partial charge >= 0.3 is 0 Å². The number of thioether (sulfide) groups is 1. The largest absolute Gasteiger partial charge is 0.311 e. The molecule has 1 aliphatic rings. The zero-order chi connectivity index (χ0) is 12.3. The molecule has 0 amide bonds. The fraction of sp³-hybridized carbons (Fsp3) is 0.538. The summed E-state index contributed by atoms with van der Waals surface area (Å²) in [5, 5.41) is 3.37. The Balaban J connectivity index is 1.85. The summed E-state index contributed by atoms with van der Waals surface area (Å²) in [6.07, 6.45) is 2.56. The first-order valence-corrected chi connectivity index (χ1v) is 7.66. The van der Waals surface area contributed by atoms with E-state index >= 15 is 0 Å². The lowest BCUT2D eigenvalue weighted by Crippen LogP contribution is -2.32. The Morgan fingerprint density at radius 3 is 3.00 bits per heavy atom. The smallest absolute Gasteiger partial charge is 0.128 e. The first-order chi connectivity index (χ1) is 8.09. The van der Waals surface area contributed by atoms with Gasteiger partial charge in [0, 0.05) is 27.9 Å². The van der Waals surface area contributed by atoms with Crippen LogP contribution in [0.25, 0.3) is 0 Å². The van der Waals surface area contributed by atoms with Crippen molar-refractivity contribution in [3.63, 3.8) is 0 Å². The number of hydrogen-bond donors (Lipinski definition) is 1. The molecule has 1 saturated heterocycles. The second kappa shape index (κ2) is 5.72. The monoisotopic (exact) mass is 317 g/mol. The molecule has 1 unspecified atom stereocenters. The Kier molecular flexibility index (Phi) is 4.50. The number of benzene rings is 1. The minimum Gasteiger partial charge on any atom is -0.311 e. The van der Waals surface area contributed by atoms with Crippen LogP contribution in [0.15, 0.2) is 22.7 Å². The number of halogens is 2. The van der Waals surface area contributed by atoms with Crippen LogP contribution in [0.3, 0.4) is 0 Å². The zero-order valence-electron chi connectivity index (χ0n) is 9.93. The fourth-order valence-corrected chi connectivity index (χ4v) is 3.71. The van der Waals surface area contributed by atoms with E-state index in [2.05, 4.69) is 28.2 Å². The van der Waals surface area contributed by atoms with Gasteiger partial charge in [0.2, 0.25) is 0 Å². The molecular formula is C13H17BrFNS. The molecule has 1 heterocycles. The van der Waals surface area contributed by atoms with E-state index in [-0.39, 0.29) is 5.82 Å². The maximum atomic E-state index is 13.6. The molecule has 0 radical (unpaired) electrons. The summed E-state index contributed by atoms with van der Waals surface area (Å²) >= 11 is 5.29. The molecular weight excluding hydrogens is 301 g/mol. The quantitative estimate of drug-likeness (QED) is 0.902. The van der Waals surface area contributed by atoms with Crippen LogP contribution in [0.5, 0.6) is 0 Å². The highest BCUT2D eigenvalue weighted by Gasteiger charge is 2.28. The van der Waals surface area contributed by atoms with Crippen molar-refractivity contribution < 1.29 is 4.39 Å². The molecule has 0 spiro atoms. The lowest BCUT2D eigenvalue weighted by Gasteiger charge is -2.23. The lowest BCUT2D eigenvalue weighted by molar-refractivity contribution is 0.524. The maximum absolute atomic E-state index is 13.6. The Bertz CT molecular complexity index is 391. The summed E-state index contributed by atoms with van der Waals surface area (Å²) in [5.74, 6) is 1.11. The van der Waals surface area contributed by atoms with Crippen molar-refractivity contribution in [1.29, 1.82) is 0 Å². The molecule has 1 nitrogen and oxygen atoms in total. The van der Waals surface area contributed by atoms with E-state index in [9.17, 15) is 4.39 Å². The van der Waals surface area contributed by atoms with Crippen molar-refractivity contribution >= 4 is 27.7 Å². The number of rotatable bonds is 4. The van der Waals surface area contributed by atoms with Gasteiger partial charge in [0.05, 0.1) is 0 Å². The molecule has 17 heavy (non-hydrogen) atoms. The van der Waals surface area contributed by atoms with Gasteiger partial charge in [-0.3, -0.25) is 0 Å². The van der Waals surface area contributed by atoms with Crippen LogP contribution >= 0.6 is 27.7 Å². The predicted octanol–water partition coefficient (Wildman–Crippen LogP) is 3.96. The summed E-state index contributed by atoms with van der Waals surface area (Å²) in [4.78, 5) is 0. The SMILES string of the molecule is CC1(CNCc2ccc(Br)cc2F)CCCS1. The Morgan fingerprint density at radius 2 is 2.35 bits per heavy atom. The maximum Gasteiger partial charge on any atom is 0.128 e. The van der Waals surface area contributed by atoms with Gasteiger partial charge in [-0.25, -0.2) is 4.39 Å². The molecule has 0 aliphatic carbocycles. The van der Waals surface area contributed by atoms with Crippen LogP contribution in [0, 0.1) is 5.82 Å². The molecule has 1 fully saturated rings. The average Bonchev–Trinajstić information content (AvgIpc) is 2.69. The third-order valence-corrected chi connectivity index (χ3v) is 5.16. The highest BCUT2D eigenvalue weighted by atomic mass is 79.9. The van der Waals surface area contributed by atoms with Gasteiger partial charge < -0.3 is 5.32 Å². The molecule has 1 atom stereocenters. The lowest BCUT2D eigenvalue weighted by atomic mass is 10.1. The molecule has 1 aromatic rings. The third kappa shape index (κ3) is 3.70. The molecule has 1 N–H and O–H groups in total. The summed E-state index contributed by atoms with van der Waals surface area (Å²) in [7, 11) is 0. The molecule has 1 aromatic carbocycles. The Morgan fingerprint density at radius 1 is 1.53 bits per heavy atom. The van der Waals surface area contributed by atoms with E-state index in [4.69, 9.17) is 0 Å². The molecule has 4 heteroatoms. The van der Waals surface area contributed by atoms with Crippen LogP contribution in [-0.4, -0.2) is 17.0 Å². The Hall–Kier alpha value is -0.0600. The van der Waals surface area contributed by atoms with Gasteiger partial charge in [-0.1, -0.05) is 22.0 Å². The van der Waals surface area contributed by atoms with Crippen molar-refractivity contribution in [2.75, 3.05) is 12.3 Å². The second-order valence-electron chi connectivity index (χ2n) is 4.74. The van der Waals surface area contributed by atoms with Crippen LogP contribution in [-0.2, 0) is 6.54 Å². The number of nitrogens with one attached hydrogen (secondary N) is 1. The van der Waals surface area contributed by atoms with E-state index < -0.39 is 0 Å². The molecule has 0 bridgehead atoms. The van der Waals surface area contributed by atoms with E-state index in [1.165, 1.54) is 24.7 Å². The van der Waals surface area contributed by atoms with Gasteiger partial charge in [0.15, 0.2) is 0 Å². The second-order valence-corrected chi connectivity index (χ2v) is 7.34. The van der Waals surface area contributed by atoms with E-state index in [1.54, 1.807) is 0 Å². The zero-order valence-corrected chi connectivity index (χ0v) is 12.3. The number of hydrogen-bond acceptors (Lipinski definition) is 2. The summed E-state index contributed by atoms with van der Waals surface area (Å²) in [5.41, 5.74) is 0.736. The summed E-state index contributed by atoms with van der Waals surface area (Å²) in [6.45, 7) is 3.85. The van der Waals surface area contributed by atoms with Gasteiger partial charge in [-0.05, 0) is 37.7 Å². The van der Waals surface area contributed by atoms with Crippen molar-refractivity contribution in [2.45, 2.75) is 31.1 Å². The first kappa shape index (κ1) is 13.4. The van der Waals surface area contributed by atoms with Crippen molar-refractivity contribution in [1.82, 2.24) is 5.32 Å². The average molecular weight is 318 g/mol.